The van der Waals surface area contributed by atoms with Crippen LogP contribution in [0.2, 0.25) is 0 Å². The second-order valence-corrected chi connectivity index (χ2v) is 4.57. The van der Waals surface area contributed by atoms with Crippen molar-refractivity contribution in [3.05, 3.63) is 54.6 Å². The van der Waals surface area contributed by atoms with E-state index >= 15 is 0 Å². The molecule has 1 atom stereocenters. The van der Waals surface area contributed by atoms with Gasteiger partial charge in [0.05, 0.1) is 0 Å². The molecule has 0 radical (unpaired) electrons. The fourth-order valence-electron chi connectivity index (χ4n) is 1.95. The van der Waals surface area contributed by atoms with Crippen LogP contribution in [0.15, 0.2) is 54.6 Å². The molecule has 3 N–H and O–H groups in total. The van der Waals surface area contributed by atoms with E-state index in [1.54, 1.807) is 6.07 Å². The number of para-hydroxylation sites is 1. The zero-order valence-corrected chi connectivity index (χ0v) is 11.5. The molecule has 2 amide bonds. The largest absolute Gasteiger partial charge is 0.465 e. The smallest absolute Gasteiger partial charge is 0.405 e. The number of amides is 2. The molecule has 0 bridgehead atoms. The van der Waals surface area contributed by atoms with Crippen LogP contribution >= 0.6 is 0 Å². The fraction of sp³-hybridized carbons (Fsp3) is 0.125. The minimum absolute atomic E-state index is 0.402. The van der Waals surface area contributed by atoms with Gasteiger partial charge in [0.15, 0.2) is 0 Å². The average Bonchev–Trinajstić information content (AvgIpc) is 2.48. The van der Waals surface area contributed by atoms with Gasteiger partial charge in [0.2, 0.25) is 5.91 Å². The summed E-state index contributed by atoms with van der Waals surface area (Å²) >= 11 is 0. The number of hydrogen-bond donors (Lipinski definition) is 3. The normalized spacial score (nSPS) is 11.5. The highest BCUT2D eigenvalue weighted by molar-refractivity contribution is 5.99. The molecule has 0 aliphatic rings. The number of rotatable bonds is 4. The summed E-state index contributed by atoms with van der Waals surface area (Å²) in [5, 5.41) is 13.5. The van der Waals surface area contributed by atoms with Gasteiger partial charge in [-0.25, -0.2) is 4.79 Å². The second kappa shape index (κ2) is 6.56. The lowest BCUT2D eigenvalue weighted by atomic mass is 10.0. The summed E-state index contributed by atoms with van der Waals surface area (Å²) in [4.78, 5) is 22.6. The highest BCUT2D eigenvalue weighted by Crippen LogP contribution is 2.27. The van der Waals surface area contributed by atoms with Crippen molar-refractivity contribution in [3.8, 4) is 11.1 Å². The number of carbonyl (C=O) groups is 2. The molecular weight excluding hydrogens is 268 g/mol. The molecule has 1 unspecified atom stereocenters. The Labute approximate surface area is 122 Å². The van der Waals surface area contributed by atoms with Crippen LogP contribution in [0.25, 0.3) is 11.1 Å². The zero-order chi connectivity index (χ0) is 15.2. The first-order valence-corrected chi connectivity index (χ1v) is 6.52. The molecule has 5 heteroatoms. The summed E-state index contributed by atoms with van der Waals surface area (Å²) in [5.41, 5.74) is 2.51. The van der Waals surface area contributed by atoms with Crippen LogP contribution < -0.4 is 10.6 Å². The molecule has 0 saturated heterocycles. The first-order chi connectivity index (χ1) is 10.1. The van der Waals surface area contributed by atoms with E-state index in [1.807, 2.05) is 48.5 Å². The second-order valence-electron chi connectivity index (χ2n) is 4.57. The molecule has 0 heterocycles. The Balaban J connectivity index is 2.22. The Morgan fingerprint density at radius 3 is 2.29 bits per heavy atom. The number of nitrogens with one attached hydrogen (secondary N) is 2. The predicted octanol–water partition coefficient (Wildman–Crippen LogP) is 2.95. The lowest BCUT2D eigenvalue weighted by molar-refractivity contribution is -0.117. The molecule has 0 aliphatic heterocycles. The van der Waals surface area contributed by atoms with Gasteiger partial charge >= 0.3 is 6.09 Å². The Morgan fingerprint density at radius 1 is 1.00 bits per heavy atom. The number of benzene rings is 2. The van der Waals surface area contributed by atoms with E-state index < -0.39 is 18.0 Å². The number of anilines is 1. The predicted molar refractivity (Wildman–Crippen MR) is 81.1 cm³/mol. The molecule has 0 fully saturated rings. The minimum atomic E-state index is -1.23. The van der Waals surface area contributed by atoms with Crippen molar-refractivity contribution < 1.29 is 14.7 Å². The molecule has 2 aromatic carbocycles. The molecule has 2 aromatic rings. The van der Waals surface area contributed by atoms with Crippen LogP contribution in [-0.2, 0) is 4.79 Å². The van der Waals surface area contributed by atoms with Crippen molar-refractivity contribution in [2.75, 3.05) is 5.32 Å². The summed E-state index contributed by atoms with van der Waals surface area (Å²) in [6.07, 6.45) is -1.23. The van der Waals surface area contributed by atoms with Gasteiger partial charge < -0.3 is 15.7 Å². The van der Waals surface area contributed by atoms with E-state index in [-0.39, 0.29) is 0 Å². The van der Waals surface area contributed by atoms with E-state index in [0.29, 0.717) is 5.69 Å². The van der Waals surface area contributed by atoms with Crippen molar-refractivity contribution in [1.82, 2.24) is 5.32 Å². The monoisotopic (exact) mass is 284 g/mol. The van der Waals surface area contributed by atoms with E-state index in [1.165, 1.54) is 6.92 Å². The molecule has 0 aromatic heterocycles. The first-order valence-electron chi connectivity index (χ1n) is 6.52. The maximum absolute atomic E-state index is 12.0. The van der Waals surface area contributed by atoms with E-state index in [9.17, 15) is 9.59 Å². The third-order valence-corrected chi connectivity index (χ3v) is 3.00. The lowest BCUT2D eigenvalue weighted by Gasteiger charge is -2.15. The van der Waals surface area contributed by atoms with Crippen LogP contribution in [0.1, 0.15) is 6.92 Å². The standard InChI is InChI=1S/C16H16N2O3/c1-11(17-16(20)21)15(19)18-14-10-6-5-9-13(14)12-7-3-2-4-8-12/h2-11,17H,1H3,(H,18,19)(H,20,21). The topological polar surface area (TPSA) is 78.4 Å². The van der Waals surface area contributed by atoms with Crippen molar-refractivity contribution in [2.24, 2.45) is 0 Å². The number of hydrogen-bond acceptors (Lipinski definition) is 2. The Kier molecular flexibility index (Phi) is 4.56. The summed E-state index contributed by atoms with van der Waals surface area (Å²) in [6.45, 7) is 1.49. The molecule has 5 nitrogen and oxygen atoms in total. The van der Waals surface area contributed by atoms with Crippen molar-refractivity contribution >= 4 is 17.7 Å². The van der Waals surface area contributed by atoms with Gasteiger partial charge in [-0.2, -0.15) is 0 Å². The third-order valence-electron chi connectivity index (χ3n) is 3.00. The Morgan fingerprint density at radius 2 is 1.62 bits per heavy atom. The zero-order valence-electron chi connectivity index (χ0n) is 11.5. The molecule has 0 saturated carbocycles. The SMILES string of the molecule is CC(NC(=O)O)C(=O)Nc1ccccc1-c1ccccc1. The van der Waals surface area contributed by atoms with Crippen LogP contribution in [0, 0.1) is 0 Å². The van der Waals surface area contributed by atoms with Gasteiger partial charge in [-0.15, -0.1) is 0 Å². The summed E-state index contributed by atoms with van der Waals surface area (Å²) < 4.78 is 0. The highest BCUT2D eigenvalue weighted by atomic mass is 16.4. The van der Waals surface area contributed by atoms with Crippen LogP contribution in [0.4, 0.5) is 10.5 Å². The van der Waals surface area contributed by atoms with Crippen molar-refractivity contribution in [1.29, 1.82) is 0 Å². The van der Waals surface area contributed by atoms with Gasteiger partial charge in [-0.05, 0) is 18.6 Å². The summed E-state index contributed by atoms with van der Waals surface area (Å²) in [5.74, 6) is -0.402. The number of carbonyl (C=O) groups excluding carboxylic acids is 1. The molecule has 2 rings (SSSR count). The molecular formula is C16H16N2O3. The quantitative estimate of drug-likeness (QED) is 0.807. The molecule has 21 heavy (non-hydrogen) atoms. The Bertz CT molecular complexity index is 641. The van der Waals surface area contributed by atoms with Crippen molar-refractivity contribution in [3.63, 3.8) is 0 Å². The average molecular weight is 284 g/mol. The van der Waals surface area contributed by atoms with E-state index in [2.05, 4.69) is 10.6 Å². The molecule has 0 aliphatic carbocycles. The number of carboxylic acid groups (broad SMARTS) is 1. The lowest BCUT2D eigenvalue weighted by Crippen LogP contribution is -2.40. The van der Waals surface area contributed by atoms with Crippen LogP contribution in [0.3, 0.4) is 0 Å². The van der Waals surface area contributed by atoms with Gasteiger partial charge in [-0.1, -0.05) is 48.5 Å². The van der Waals surface area contributed by atoms with Crippen LogP contribution in [-0.4, -0.2) is 23.1 Å². The van der Waals surface area contributed by atoms with Gasteiger partial charge in [-0.3, -0.25) is 4.79 Å². The summed E-state index contributed by atoms with van der Waals surface area (Å²) in [7, 11) is 0. The first kappa shape index (κ1) is 14.6. The Hall–Kier alpha value is -2.82. The third kappa shape index (κ3) is 3.82. The summed E-state index contributed by atoms with van der Waals surface area (Å²) in [6, 6.07) is 16.2. The van der Waals surface area contributed by atoms with E-state index in [0.717, 1.165) is 11.1 Å². The van der Waals surface area contributed by atoms with Gasteiger partial charge in [0.1, 0.15) is 6.04 Å². The maximum Gasteiger partial charge on any atom is 0.405 e. The van der Waals surface area contributed by atoms with Crippen molar-refractivity contribution in [2.45, 2.75) is 13.0 Å². The fourth-order valence-corrected chi connectivity index (χ4v) is 1.95. The molecule has 108 valence electrons. The highest BCUT2D eigenvalue weighted by Gasteiger charge is 2.16. The van der Waals surface area contributed by atoms with Gasteiger partial charge in [0, 0.05) is 11.3 Å². The molecule has 0 spiro atoms. The van der Waals surface area contributed by atoms with Gasteiger partial charge in [0.25, 0.3) is 0 Å². The minimum Gasteiger partial charge on any atom is -0.465 e. The van der Waals surface area contributed by atoms with Crippen LogP contribution in [0.5, 0.6) is 0 Å². The van der Waals surface area contributed by atoms with E-state index in [4.69, 9.17) is 5.11 Å². The maximum atomic E-state index is 12.0.